The van der Waals surface area contributed by atoms with E-state index in [0.717, 1.165) is 12.0 Å². The van der Waals surface area contributed by atoms with Crippen LogP contribution in [0.4, 0.5) is 5.69 Å². The van der Waals surface area contributed by atoms with Gasteiger partial charge in [0, 0.05) is 30.8 Å². The Bertz CT molecular complexity index is 474. The van der Waals surface area contributed by atoms with Crippen LogP contribution in [-0.2, 0) is 0 Å². The van der Waals surface area contributed by atoms with Crippen LogP contribution in [-0.4, -0.2) is 29.5 Å². The van der Waals surface area contributed by atoms with Crippen molar-refractivity contribution in [3.8, 4) is 0 Å². The van der Waals surface area contributed by atoms with Gasteiger partial charge in [-0.2, -0.15) is 0 Å². The van der Waals surface area contributed by atoms with Crippen LogP contribution in [0.15, 0.2) is 24.3 Å². The third-order valence-corrected chi connectivity index (χ3v) is 4.27. The lowest BCUT2D eigenvalue weighted by Crippen LogP contribution is -2.41. The van der Waals surface area contributed by atoms with E-state index in [1.807, 2.05) is 6.07 Å². The maximum atomic E-state index is 10.9. The van der Waals surface area contributed by atoms with Gasteiger partial charge >= 0.3 is 0 Å². The smallest absolute Gasteiger partial charge is 0.269 e. The minimum atomic E-state index is -0.336. The average Bonchev–Trinajstić information content (AvgIpc) is 3.25. The van der Waals surface area contributed by atoms with Gasteiger partial charge in [0.1, 0.15) is 0 Å². The quantitative estimate of drug-likeness (QED) is 0.614. The van der Waals surface area contributed by atoms with E-state index in [0.29, 0.717) is 18.5 Å². The molecule has 2 atom stereocenters. The highest BCUT2D eigenvalue weighted by Crippen LogP contribution is 2.38. The number of hydrogen-bond acceptors (Lipinski definition) is 4. The lowest BCUT2D eigenvalue weighted by molar-refractivity contribution is -0.385. The number of nitro benzene ring substituents is 1. The fourth-order valence-electron chi connectivity index (χ4n) is 3.01. The molecule has 0 bridgehead atoms. The Labute approximate surface area is 119 Å². The van der Waals surface area contributed by atoms with Gasteiger partial charge in [-0.1, -0.05) is 19.1 Å². The molecule has 0 heterocycles. The largest absolute Gasteiger partial charge is 0.329 e. The molecule has 20 heavy (non-hydrogen) atoms. The Balaban J connectivity index is 2.22. The first-order chi connectivity index (χ1) is 9.58. The van der Waals surface area contributed by atoms with Gasteiger partial charge in [-0.25, -0.2) is 0 Å². The Morgan fingerprint density at radius 3 is 2.70 bits per heavy atom. The molecule has 5 nitrogen and oxygen atoms in total. The van der Waals surface area contributed by atoms with Gasteiger partial charge in [0.2, 0.25) is 0 Å². The fraction of sp³-hybridized carbons (Fsp3) is 0.600. The van der Waals surface area contributed by atoms with Gasteiger partial charge in [0.05, 0.1) is 4.92 Å². The number of non-ortho nitro benzene ring substituents is 1. The predicted octanol–water partition coefficient (Wildman–Crippen LogP) is 2.72. The highest BCUT2D eigenvalue weighted by Gasteiger charge is 2.35. The minimum Gasteiger partial charge on any atom is -0.329 e. The number of nitrogens with two attached hydrogens (primary N) is 1. The van der Waals surface area contributed by atoms with Crippen molar-refractivity contribution < 1.29 is 4.92 Å². The molecular formula is C15H23N3O2. The van der Waals surface area contributed by atoms with E-state index in [9.17, 15) is 10.1 Å². The van der Waals surface area contributed by atoms with Crippen molar-refractivity contribution in [1.82, 2.24) is 4.90 Å². The Morgan fingerprint density at radius 1 is 1.50 bits per heavy atom. The van der Waals surface area contributed by atoms with Crippen molar-refractivity contribution in [1.29, 1.82) is 0 Å². The van der Waals surface area contributed by atoms with Crippen LogP contribution in [0.25, 0.3) is 0 Å². The summed E-state index contributed by atoms with van der Waals surface area (Å²) in [6, 6.07) is 7.52. The first kappa shape index (κ1) is 14.9. The van der Waals surface area contributed by atoms with Crippen LogP contribution in [0, 0.1) is 16.0 Å². The maximum Gasteiger partial charge on any atom is 0.269 e. The van der Waals surface area contributed by atoms with Gasteiger partial charge in [-0.15, -0.1) is 0 Å². The third kappa shape index (κ3) is 3.16. The van der Waals surface area contributed by atoms with Crippen LogP contribution in [0.1, 0.15) is 37.8 Å². The van der Waals surface area contributed by atoms with Crippen molar-refractivity contribution in [2.24, 2.45) is 11.7 Å². The number of rotatable bonds is 7. The molecule has 1 saturated carbocycles. The summed E-state index contributed by atoms with van der Waals surface area (Å²) >= 11 is 0. The summed E-state index contributed by atoms with van der Waals surface area (Å²) in [5, 5.41) is 10.9. The van der Waals surface area contributed by atoms with Crippen molar-refractivity contribution in [2.45, 2.75) is 38.3 Å². The summed E-state index contributed by atoms with van der Waals surface area (Å²) in [5.41, 5.74) is 7.07. The second-order valence-electron chi connectivity index (χ2n) is 5.58. The lowest BCUT2D eigenvalue weighted by Gasteiger charge is -2.34. The van der Waals surface area contributed by atoms with Gasteiger partial charge < -0.3 is 5.73 Å². The van der Waals surface area contributed by atoms with E-state index in [1.54, 1.807) is 12.1 Å². The van der Waals surface area contributed by atoms with Crippen molar-refractivity contribution in [3.05, 3.63) is 39.9 Å². The normalized spacial score (nSPS) is 18.0. The highest BCUT2D eigenvalue weighted by atomic mass is 16.6. The first-order valence-electron chi connectivity index (χ1n) is 7.24. The maximum absolute atomic E-state index is 10.9. The van der Waals surface area contributed by atoms with E-state index < -0.39 is 0 Å². The molecule has 0 aromatic heterocycles. The zero-order chi connectivity index (χ0) is 14.7. The summed E-state index contributed by atoms with van der Waals surface area (Å²) in [6.07, 6.45) is 3.41. The van der Waals surface area contributed by atoms with Crippen LogP contribution in [0.2, 0.25) is 0 Å². The summed E-state index contributed by atoms with van der Waals surface area (Å²) in [6.45, 7) is 2.76. The average molecular weight is 277 g/mol. The van der Waals surface area contributed by atoms with Gasteiger partial charge in [0.25, 0.3) is 5.69 Å². The Hall–Kier alpha value is -1.46. The standard InChI is InChI=1S/C15H23N3O2/c1-3-14(17(2)15(10-16)11-7-8-11)12-5-4-6-13(9-12)18(19)20/h4-6,9,11,14-15H,3,7-8,10,16H2,1-2H3. The molecule has 2 rings (SSSR count). The molecule has 5 heteroatoms. The molecule has 2 unspecified atom stereocenters. The molecule has 0 aliphatic heterocycles. The molecular weight excluding hydrogens is 254 g/mol. The second-order valence-corrected chi connectivity index (χ2v) is 5.58. The first-order valence-corrected chi connectivity index (χ1v) is 7.24. The summed E-state index contributed by atoms with van der Waals surface area (Å²) < 4.78 is 0. The number of likely N-dealkylation sites (N-methyl/N-ethyl adjacent to an activating group) is 1. The van der Waals surface area contributed by atoms with Crippen LogP contribution in [0.5, 0.6) is 0 Å². The van der Waals surface area contributed by atoms with Crippen molar-refractivity contribution in [3.63, 3.8) is 0 Å². The molecule has 0 amide bonds. The monoisotopic (exact) mass is 277 g/mol. The molecule has 2 N–H and O–H groups in total. The van der Waals surface area contributed by atoms with Gasteiger partial charge in [-0.05, 0) is 37.8 Å². The summed E-state index contributed by atoms with van der Waals surface area (Å²) in [4.78, 5) is 12.9. The number of benzene rings is 1. The van der Waals surface area contributed by atoms with Gasteiger partial charge in [0.15, 0.2) is 0 Å². The molecule has 0 radical (unpaired) electrons. The van der Waals surface area contributed by atoms with E-state index in [-0.39, 0.29) is 16.7 Å². The second kappa shape index (κ2) is 6.33. The number of nitro groups is 1. The highest BCUT2D eigenvalue weighted by molar-refractivity contribution is 5.35. The number of nitrogens with zero attached hydrogens (tertiary/aromatic N) is 2. The zero-order valence-corrected chi connectivity index (χ0v) is 12.2. The Kier molecular flexibility index (Phi) is 4.73. The van der Waals surface area contributed by atoms with E-state index in [4.69, 9.17) is 5.73 Å². The van der Waals surface area contributed by atoms with E-state index in [2.05, 4.69) is 18.9 Å². The fourth-order valence-corrected chi connectivity index (χ4v) is 3.01. The summed E-state index contributed by atoms with van der Waals surface area (Å²) in [7, 11) is 2.09. The van der Waals surface area contributed by atoms with Crippen LogP contribution in [0.3, 0.4) is 0 Å². The zero-order valence-electron chi connectivity index (χ0n) is 12.2. The molecule has 1 aromatic rings. The van der Waals surface area contributed by atoms with Gasteiger partial charge in [-0.3, -0.25) is 15.0 Å². The van der Waals surface area contributed by atoms with E-state index >= 15 is 0 Å². The predicted molar refractivity (Wildman–Crippen MR) is 79.5 cm³/mol. The van der Waals surface area contributed by atoms with E-state index in [1.165, 1.54) is 18.9 Å². The lowest BCUT2D eigenvalue weighted by atomic mass is 9.99. The van der Waals surface area contributed by atoms with Crippen molar-refractivity contribution >= 4 is 5.69 Å². The molecule has 1 aliphatic rings. The topological polar surface area (TPSA) is 72.4 Å². The molecule has 1 aromatic carbocycles. The molecule has 0 saturated heterocycles. The Morgan fingerprint density at radius 2 is 2.20 bits per heavy atom. The van der Waals surface area contributed by atoms with Crippen molar-refractivity contribution in [2.75, 3.05) is 13.6 Å². The van der Waals surface area contributed by atoms with Crippen LogP contribution >= 0.6 is 0 Å². The minimum absolute atomic E-state index is 0.157. The SMILES string of the molecule is CCC(c1cccc([N+](=O)[O-])c1)N(C)C(CN)C1CC1. The molecule has 1 aliphatic carbocycles. The molecule has 1 fully saturated rings. The molecule has 0 spiro atoms. The van der Waals surface area contributed by atoms with Crippen LogP contribution < -0.4 is 5.73 Å². The number of hydrogen-bond donors (Lipinski definition) is 1. The molecule has 110 valence electrons. The third-order valence-electron chi connectivity index (χ3n) is 4.27. The summed E-state index contributed by atoms with van der Waals surface area (Å²) in [5.74, 6) is 0.692.